The van der Waals surface area contributed by atoms with Crippen molar-refractivity contribution in [2.75, 3.05) is 7.11 Å². The molecule has 0 bridgehead atoms. The molecular formula is C17H16N2O2. The predicted octanol–water partition coefficient (Wildman–Crippen LogP) is 2.58. The zero-order chi connectivity index (χ0) is 14.4. The molecule has 3 aliphatic heterocycles. The molecule has 3 atom stereocenters. The summed E-state index contributed by atoms with van der Waals surface area (Å²) in [5.41, 5.74) is 2.30. The number of ether oxygens (including phenoxy) is 1. The van der Waals surface area contributed by atoms with Crippen LogP contribution in [0, 0.1) is 5.92 Å². The van der Waals surface area contributed by atoms with Crippen LogP contribution in [0.3, 0.4) is 0 Å². The van der Waals surface area contributed by atoms with Gasteiger partial charge in [0.25, 0.3) is 0 Å². The van der Waals surface area contributed by atoms with Crippen LogP contribution in [-0.2, 0) is 4.79 Å². The van der Waals surface area contributed by atoms with Crippen molar-refractivity contribution in [2.24, 2.45) is 10.9 Å². The minimum absolute atomic E-state index is 0.0604. The number of carbonyl (C=O) groups is 1. The molecule has 0 aliphatic carbocycles. The van der Waals surface area contributed by atoms with Crippen molar-refractivity contribution >= 4 is 18.2 Å². The first kappa shape index (κ1) is 12.4. The van der Waals surface area contributed by atoms with E-state index in [1.54, 1.807) is 13.3 Å². The van der Waals surface area contributed by atoms with Crippen LogP contribution in [-0.4, -0.2) is 30.2 Å². The summed E-state index contributed by atoms with van der Waals surface area (Å²) in [7, 11) is 1.67. The molecule has 0 saturated carbocycles. The van der Waals surface area contributed by atoms with E-state index in [4.69, 9.17) is 4.74 Å². The van der Waals surface area contributed by atoms with E-state index in [0.29, 0.717) is 0 Å². The number of aliphatic imine (C=N–C) groups is 1. The maximum Gasteiger partial charge on any atom is 0.236 e. The van der Waals surface area contributed by atoms with E-state index in [1.165, 1.54) is 5.56 Å². The number of piperidine rings is 1. The second kappa shape index (κ2) is 4.58. The van der Waals surface area contributed by atoms with Gasteiger partial charge in [0.2, 0.25) is 5.91 Å². The first-order valence-electron chi connectivity index (χ1n) is 7.16. The number of fused-ring (bicyclic) bond motifs is 4. The topological polar surface area (TPSA) is 41.9 Å². The number of carbonyl (C=O) groups excluding carboxylic acids is 1. The van der Waals surface area contributed by atoms with E-state index in [9.17, 15) is 4.79 Å². The summed E-state index contributed by atoms with van der Waals surface area (Å²) in [6.45, 7) is 0. The number of allylic oxidation sites excluding steroid dienone is 1. The fourth-order valence-corrected chi connectivity index (χ4v) is 3.42. The van der Waals surface area contributed by atoms with Gasteiger partial charge in [-0.15, -0.1) is 0 Å². The Morgan fingerprint density at radius 1 is 1.38 bits per heavy atom. The monoisotopic (exact) mass is 280 g/mol. The number of hydrogen-bond acceptors (Lipinski definition) is 3. The van der Waals surface area contributed by atoms with Crippen molar-refractivity contribution in [2.45, 2.75) is 18.5 Å². The van der Waals surface area contributed by atoms with Crippen LogP contribution in [0.2, 0.25) is 0 Å². The second-order valence-corrected chi connectivity index (χ2v) is 5.58. The molecule has 4 rings (SSSR count). The number of nitrogens with zero attached hydrogens (tertiary/aromatic N) is 2. The lowest BCUT2D eigenvalue weighted by Gasteiger charge is -2.42. The SMILES string of the molecule is COc1ccc2c(c1)C=CN1C(=O)C3C=CC=NC3CC21. The van der Waals surface area contributed by atoms with Crippen LogP contribution in [0.4, 0.5) is 0 Å². The molecule has 0 N–H and O–H groups in total. The molecule has 4 nitrogen and oxygen atoms in total. The minimum atomic E-state index is -0.115. The lowest BCUT2D eigenvalue weighted by molar-refractivity contribution is -0.137. The summed E-state index contributed by atoms with van der Waals surface area (Å²) in [6, 6.07) is 6.17. The second-order valence-electron chi connectivity index (χ2n) is 5.58. The Morgan fingerprint density at radius 3 is 3.14 bits per heavy atom. The first-order valence-corrected chi connectivity index (χ1v) is 7.16. The molecule has 106 valence electrons. The molecule has 1 fully saturated rings. The van der Waals surface area contributed by atoms with Gasteiger partial charge in [0.1, 0.15) is 5.75 Å². The number of amides is 1. The molecule has 0 spiro atoms. The molecule has 3 aliphatic rings. The van der Waals surface area contributed by atoms with E-state index in [2.05, 4.69) is 11.1 Å². The van der Waals surface area contributed by atoms with E-state index >= 15 is 0 Å². The van der Waals surface area contributed by atoms with Crippen molar-refractivity contribution in [3.63, 3.8) is 0 Å². The third kappa shape index (κ3) is 1.82. The summed E-state index contributed by atoms with van der Waals surface area (Å²) in [6.07, 6.45) is 10.4. The molecule has 1 amide bonds. The van der Waals surface area contributed by atoms with Gasteiger partial charge in [0, 0.05) is 12.4 Å². The van der Waals surface area contributed by atoms with Crippen molar-refractivity contribution in [1.29, 1.82) is 0 Å². The first-order chi connectivity index (χ1) is 10.3. The molecular weight excluding hydrogens is 264 g/mol. The smallest absolute Gasteiger partial charge is 0.236 e. The largest absolute Gasteiger partial charge is 0.497 e. The van der Waals surface area contributed by atoms with Crippen molar-refractivity contribution in [1.82, 2.24) is 4.90 Å². The summed E-state index contributed by atoms with van der Waals surface area (Å²) >= 11 is 0. The Balaban J connectivity index is 1.75. The number of rotatable bonds is 1. The zero-order valence-corrected chi connectivity index (χ0v) is 11.8. The van der Waals surface area contributed by atoms with Gasteiger partial charge in [-0.25, -0.2) is 0 Å². The average molecular weight is 280 g/mol. The van der Waals surface area contributed by atoms with Crippen LogP contribution in [0.25, 0.3) is 6.08 Å². The molecule has 4 heteroatoms. The van der Waals surface area contributed by atoms with Crippen LogP contribution in [0.1, 0.15) is 23.6 Å². The van der Waals surface area contributed by atoms with Gasteiger partial charge in [0.15, 0.2) is 0 Å². The highest BCUT2D eigenvalue weighted by molar-refractivity contribution is 5.88. The number of benzene rings is 1. The van der Waals surface area contributed by atoms with Crippen molar-refractivity contribution in [3.05, 3.63) is 47.7 Å². The molecule has 1 aromatic carbocycles. The third-order valence-electron chi connectivity index (χ3n) is 4.50. The highest BCUT2D eigenvalue weighted by Crippen LogP contribution is 2.42. The molecule has 1 aromatic rings. The van der Waals surface area contributed by atoms with Gasteiger partial charge in [-0.05, 0) is 41.8 Å². The van der Waals surface area contributed by atoms with Crippen LogP contribution >= 0.6 is 0 Å². The van der Waals surface area contributed by atoms with Gasteiger partial charge >= 0.3 is 0 Å². The fourth-order valence-electron chi connectivity index (χ4n) is 3.42. The van der Waals surface area contributed by atoms with Crippen LogP contribution in [0.5, 0.6) is 5.75 Å². The van der Waals surface area contributed by atoms with Gasteiger partial charge in [-0.1, -0.05) is 12.1 Å². The standard InChI is InChI=1S/C17H16N2O2/c1-21-12-4-5-13-11(9-12)6-8-19-16(13)10-15-14(17(19)20)3-2-7-18-15/h2-9,14-16H,10H2,1H3. The Bertz CT molecular complexity index is 690. The molecule has 3 unspecified atom stereocenters. The molecule has 0 radical (unpaired) electrons. The number of hydrogen-bond donors (Lipinski definition) is 0. The summed E-state index contributed by atoms with van der Waals surface area (Å²) in [5, 5.41) is 0. The van der Waals surface area contributed by atoms with E-state index < -0.39 is 0 Å². The van der Waals surface area contributed by atoms with Gasteiger partial charge in [-0.3, -0.25) is 9.79 Å². The number of methoxy groups -OCH3 is 1. The lowest BCUT2D eigenvalue weighted by Crippen LogP contribution is -2.47. The average Bonchev–Trinajstić information content (AvgIpc) is 2.54. The minimum Gasteiger partial charge on any atom is -0.497 e. The Morgan fingerprint density at radius 2 is 2.29 bits per heavy atom. The van der Waals surface area contributed by atoms with E-state index in [-0.39, 0.29) is 23.9 Å². The quantitative estimate of drug-likeness (QED) is 0.793. The Labute approximate surface area is 123 Å². The predicted molar refractivity (Wildman–Crippen MR) is 81.1 cm³/mol. The maximum absolute atomic E-state index is 12.7. The highest BCUT2D eigenvalue weighted by atomic mass is 16.5. The van der Waals surface area contributed by atoms with Crippen LogP contribution < -0.4 is 4.74 Å². The van der Waals surface area contributed by atoms with Gasteiger partial charge in [-0.2, -0.15) is 0 Å². The fraction of sp³-hybridized carbons (Fsp3) is 0.294. The summed E-state index contributed by atoms with van der Waals surface area (Å²) in [5.74, 6) is 0.864. The molecule has 1 saturated heterocycles. The number of dihydropyridines is 1. The van der Waals surface area contributed by atoms with Crippen molar-refractivity contribution in [3.8, 4) is 5.75 Å². The summed E-state index contributed by atoms with van der Waals surface area (Å²) < 4.78 is 5.28. The molecule has 21 heavy (non-hydrogen) atoms. The lowest BCUT2D eigenvalue weighted by atomic mass is 9.81. The summed E-state index contributed by atoms with van der Waals surface area (Å²) in [4.78, 5) is 19.0. The van der Waals surface area contributed by atoms with Gasteiger partial charge < -0.3 is 9.64 Å². The zero-order valence-electron chi connectivity index (χ0n) is 11.8. The van der Waals surface area contributed by atoms with E-state index in [1.807, 2.05) is 41.5 Å². The Kier molecular flexibility index (Phi) is 2.70. The van der Waals surface area contributed by atoms with Crippen molar-refractivity contribution < 1.29 is 9.53 Å². The van der Waals surface area contributed by atoms with E-state index in [0.717, 1.165) is 17.7 Å². The van der Waals surface area contributed by atoms with Crippen LogP contribution in [0.15, 0.2) is 41.5 Å². The highest BCUT2D eigenvalue weighted by Gasteiger charge is 2.42. The Hall–Kier alpha value is -2.36. The molecule has 3 heterocycles. The third-order valence-corrected chi connectivity index (χ3v) is 4.50. The van der Waals surface area contributed by atoms with Gasteiger partial charge in [0.05, 0.1) is 25.1 Å². The maximum atomic E-state index is 12.7. The molecule has 0 aromatic heterocycles. The normalized spacial score (nSPS) is 28.9.